The van der Waals surface area contributed by atoms with Gasteiger partial charge in [-0.25, -0.2) is 0 Å². The SMILES string of the molecule is CC(CC(=O)NC(CN)C1CCCCC1)c1ccccc1.Cl. The lowest BCUT2D eigenvalue weighted by Gasteiger charge is -2.30. The van der Waals surface area contributed by atoms with Crippen molar-refractivity contribution in [2.45, 2.75) is 57.4 Å². The molecule has 0 bridgehead atoms. The Hall–Kier alpha value is -1.06. The molecule has 0 aliphatic heterocycles. The average Bonchev–Trinajstić information content (AvgIpc) is 2.54. The number of amides is 1. The van der Waals surface area contributed by atoms with Gasteiger partial charge in [0, 0.05) is 19.0 Å². The molecule has 1 aliphatic rings. The van der Waals surface area contributed by atoms with Gasteiger partial charge in [-0.1, -0.05) is 56.5 Å². The molecular formula is C18H29ClN2O. The standard InChI is InChI=1S/C18H28N2O.ClH/c1-14(15-8-4-2-5-9-15)12-18(21)20-17(13-19)16-10-6-3-7-11-16;/h2,4-5,8-9,14,16-17H,3,6-7,10-13,19H2,1H3,(H,20,21);1H. The Balaban J connectivity index is 0.00000242. The lowest BCUT2D eigenvalue weighted by molar-refractivity contribution is -0.122. The highest BCUT2D eigenvalue weighted by molar-refractivity contribution is 5.85. The molecule has 1 saturated carbocycles. The summed E-state index contributed by atoms with van der Waals surface area (Å²) in [5.74, 6) is 0.947. The maximum atomic E-state index is 12.3. The molecule has 4 heteroatoms. The van der Waals surface area contributed by atoms with Gasteiger partial charge in [-0.15, -0.1) is 12.4 Å². The zero-order chi connectivity index (χ0) is 15.1. The topological polar surface area (TPSA) is 55.1 Å². The second kappa shape index (κ2) is 9.86. The van der Waals surface area contributed by atoms with Crippen LogP contribution in [0.25, 0.3) is 0 Å². The van der Waals surface area contributed by atoms with E-state index in [1.807, 2.05) is 18.2 Å². The first-order chi connectivity index (χ1) is 10.2. The zero-order valence-corrected chi connectivity index (χ0v) is 14.3. The van der Waals surface area contributed by atoms with Gasteiger partial charge in [0.1, 0.15) is 0 Å². The fourth-order valence-corrected chi connectivity index (χ4v) is 3.35. The second-order valence-corrected chi connectivity index (χ2v) is 6.32. The van der Waals surface area contributed by atoms with Gasteiger partial charge >= 0.3 is 0 Å². The number of nitrogens with one attached hydrogen (secondary N) is 1. The van der Waals surface area contributed by atoms with Crippen molar-refractivity contribution in [1.29, 1.82) is 0 Å². The van der Waals surface area contributed by atoms with E-state index in [4.69, 9.17) is 5.73 Å². The monoisotopic (exact) mass is 324 g/mol. The number of hydrogen-bond donors (Lipinski definition) is 2. The number of rotatable bonds is 6. The van der Waals surface area contributed by atoms with Crippen molar-refractivity contribution in [3.8, 4) is 0 Å². The summed E-state index contributed by atoms with van der Waals surface area (Å²) in [6.45, 7) is 2.66. The summed E-state index contributed by atoms with van der Waals surface area (Å²) in [4.78, 5) is 12.3. The maximum Gasteiger partial charge on any atom is 0.220 e. The van der Waals surface area contributed by atoms with E-state index in [-0.39, 0.29) is 30.3 Å². The van der Waals surface area contributed by atoms with Crippen LogP contribution in [0.3, 0.4) is 0 Å². The fourth-order valence-electron chi connectivity index (χ4n) is 3.35. The molecule has 1 fully saturated rings. The molecule has 2 rings (SSSR count). The third kappa shape index (κ3) is 5.62. The van der Waals surface area contributed by atoms with Gasteiger partial charge in [-0.2, -0.15) is 0 Å². The van der Waals surface area contributed by atoms with Crippen LogP contribution in [0.4, 0.5) is 0 Å². The van der Waals surface area contributed by atoms with E-state index < -0.39 is 0 Å². The van der Waals surface area contributed by atoms with Crippen molar-refractivity contribution < 1.29 is 4.79 Å². The second-order valence-electron chi connectivity index (χ2n) is 6.32. The Bertz CT molecular complexity index is 432. The number of hydrogen-bond acceptors (Lipinski definition) is 2. The van der Waals surface area contributed by atoms with Crippen LogP contribution in [0.2, 0.25) is 0 Å². The van der Waals surface area contributed by atoms with Gasteiger partial charge in [0.2, 0.25) is 5.91 Å². The minimum atomic E-state index is 0. The first-order valence-electron chi connectivity index (χ1n) is 8.25. The molecular weight excluding hydrogens is 296 g/mol. The summed E-state index contributed by atoms with van der Waals surface area (Å²) in [5.41, 5.74) is 7.10. The predicted octanol–water partition coefficient (Wildman–Crippen LogP) is 3.63. The van der Waals surface area contributed by atoms with Gasteiger partial charge in [0.05, 0.1) is 0 Å². The molecule has 1 aliphatic carbocycles. The van der Waals surface area contributed by atoms with Crippen LogP contribution in [0, 0.1) is 5.92 Å². The van der Waals surface area contributed by atoms with E-state index >= 15 is 0 Å². The van der Waals surface area contributed by atoms with Crippen molar-refractivity contribution in [3.05, 3.63) is 35.9 Å². The van der Waals surface area contributed by atoms with E-state index in [0.717, 1.165) is 0 Å². The van der Waals surface area contributed by atoms with Crippen LogP contribution in [-0.4, -0.2) is 18.5 Å². The molecule has 2 unspecified atom stereocenters. The van der Waals surface area contributed by atoms with E-state index in [2.05, 4.69) is 24.4 Å². The summed E-state index contributed by atoms with van der Waals surface area (Å²) >= 11 is 0. The van der Waals surface area contributed by atoms with Crippen LogP contribution >= 0.6 is 12.4 Å². The third-order valence-corrected chi connectivity index (χ3v) is 4.68. The fraction of sp³-hybridized carbons (Fsp3) is 0.611. The smallest absolute Gasteiger partial charge is 0.220 e. The summed E-state index contributed by atoms with van der Waals surface area (Å²) in [6.07, 6.45) is 6.82. The van der Waals surface area contributed by atoms with Crippen molar-refractivity contribution in [1.82, 2.24) is 5.32 Å². The van der Waals surface area contributed by atoms with Gasteiger partial charge in [0.15, 0.2) is 0 Å². The lowest BCUT2D eigenvalue weighted by Crippen LogP contribution is -2.46. The molecule has 1 amide bonds. The molecule has 22 heavy (non-hydrogen) atoms. The largest absolute Gasteiger partial charge is 0.352 e. The summed E-state index contributed by atoms with van der Waals surface area (Å²) in [5, 5.41) is 3.17. The third-order valence-electron chi connectivity index (χ3n) is 4.68. The normalized spacial score (nSPS) is 18.1. The maximum absolute atomic E-state index is 12.3. The number of nitrogens with two attached hydrogens (primary N) is 1. The van der Waals surface area contributed by atoms with Crippen LogP contribution in [0.5, 0.6) is 0 Å². The van der Waals surface area contributed by atoms with E-state index in [1.165, 1.54) is 37.7 Å². The van der Waals surface area contributed by atoms with Crippen molar-refractivity contribution in [2.24, 2.45) is 11.7 Å². The Morgan fingerprint density at radius 2 is 1.86 bits per heavy atom. The van der Waals surface area contributed by atoms with Gasteiger partial charge in [-0.05, 0) is 30.2 Å². The van der Waals surface area contributed by atoms with E-state index in [0.29, 0.717) is 18.9 Å². The Morgan fingerprint density at radius 1 is 1.23 bits per heavy atom. The summed E-state index contributed by atoms with van der Waals surface area (Å²) in [6, 6.07) is 10.4. The highest BCUT2D eigenvalue weighted by atomic mass is 35.5. The van der Waals surface area contributed by atoms with E-state index in [9.17, 15) is 4.79 Å². The zero-order valence-electron chi connectivity index (χ0n) is 13.5. The highest BCUT2D eigenvalue weighted by Crippen LogP contribution is 2.26. The number of benzene rings is 1. The highest BCUT2D eigenvalue weighted by Gasteiger charge is 2.24. The Labute approximate surface area is 140 Å². The Morgan fingerprint density at radius 3 is 2.45 bits per heavy atom. The molecule has 124 valence electrons. The quantitative estimate of drug-likeness (QED) is 0.839. The molecule has 1 aromatic rings. The van der Waals surface area contributed by atoms with Crippen molar-refractivity contribution >= 4 is 18.3 Å². The summed E-state index contributed by atoms with van der Waals surface area (Å²) in [7, 11) is 0. The van der Waals surface area contributed by atoms with Crippen LogP contribution in [-0.2, 0) is 4.79 Å². The molecule has 2 atom stereocenters. The van der Waals surface area contributed by atoms with Crippen molar-refractivity contribution in [2.75, 3.05) is 6.54 Å². The first kappa shape index (κ1) is 19.0. The summed E-state index contributed by atoms with van der Waals surface area (Å²) < 4.78 is 0. The number of carbonyl (C=O) groups is 1. The molecule has 1 aromatic carbocycles. The molecule has 0 aromatic heterocycles. The molecule has 3 nitrogen and oxygen atoms in total. The minimum absolute atomic E-state index is 0. The van der Waals surface area contributed by atoms with Gasteiger partial charge < -0.3 is 11.1 Å². The molecule has 3 N–H and O–H groups in total. The number of carbonyl (C=O) groups excluding carboxylic acids is 1. The average molecular weight is 325 g/mol. The van der Waals surface area contributed by atoms with E-state index in [1.54, 1.807) is 0 Å². The molecule has 0 spiro atoms. The number of halogens is 1. The Kier molecular flexibility index (Phi) is 8.51. The molecule has 0 radical (unpaired) electrons. The van der Waals surface area contributed by atoms with Crippen LogP contribution in [0.15, 0.2) is 30.3 Å². The predicted molar refractivity (Wildman–Crippen MR) is 94.3 cm³/mol. The molecule has 0 saturated heterocycles. The van der Waals surface area contributed by atoms with Crippen LogP contribution < -0.4 is 11.1 Å². The minimum Gasteiger partial charge on any atom is -0.352 e. The van der Waals surface area contributed by atoms with Crippen molar-refractivity contribution in [3.63, 3.8) is 0 Å². The van der Waals surface area contributed by atoms with Gasteiger partial charge in [-0.3, -0.25) is 4.79 Å². The first-order valence-corrected chi connectivity index (χ1v) is 8.25. The lowest BCUT2D eigenvalue weighted by atomic mass is 9.83. The van der Waals surface area contributed by atoms with Gasteiger partial charge in [0.25, 0.3) is 0 Å². The molecule has 0 heterocycles. The van der Waals surface area contributed by atoms with Crippen LogP contribution in [0.1, 0.15) is 56.9 Å².